The first-order chi connectivity index (χ1) is 12.5. The van der Waals surface area contributed by atoms with Crippen LogP contribution in [0.2, 0.25) is 0 Å². The van der Waals surface area contributed by atoms with Crippen LogP contribution in [-0.2, 0) is 4.79 Å². The second-order valence-electron chi connectivity index (χ2n) is 5.81. The van der Waals surface area contributed by atoms with Gasteiger partial charge in [0.05, 0.1) is 20.3 Å². The third-order valence-corrected chi connectivity index (χ3v) is 4.02. The van der Waals surface area contributed by atoms with Crippen LogP contribution in [0.3, 0.4) is 0 Å². The zero-order valence-electron chi connectivity index (χ0n) is 15.4. The van der Waals surface area contributed by atoms with Crippen molar-refractivity contribution in [2.45, 2.75) is 32.4 Å². The molecule has 2 rings (SSSR count). The van der Waals surface area contributed by atoms with Crippen molar-refractivity contribution < 1.29 is 23.4 Å². The first-order valence-electron chi connectivity index (χ1n) is 8.43. The minimum atomic E-state index is -0.664. The van der Waals surface area contributed by atoms with Gasteiger partial charge in [0.15, 0.2) is 17.6 Å². The maximum atomic E-state index is 13.0. The number of hydrogen-bond acceptors (Lipinski definition) is 4. The van der Waals surface area contributed by atoms with E-state index in [-0.39, 0.29) is 17.8 Å². The largest absolute Gasteiger partial charge is 0.493 e. The Morgan fingerprint density at radius 1 is 1.08 bits per heavy atom. The maximum absolute atomic E-state index is 13.0. The zero-order valence-corrected chi connectivity index (χ0v) is 15.4. The minimum absolute atomic E-state index is 0.237. The lowest BCUT2D eigenvalue weighted by molar-refractivity contribution is -0.128. The van der Waals surface area contributed by atoms with Gasteiger partial charge >= 0.3 is 0 Å². The Balaban J connectivity index is 2.05. The van der Waals surface area contributed by atoms with Crippen molar-refractivity contribution in [1.82, 2.24) is 5.32 Å². The van der Waals surface area contributed by atoms with Crippen molar-refractivity contribution in [2.24, 2.45) is 0 Å². The molecule has 0 spiro atoms. The predicted molar refractivity (Wildman–Crippen MR) is 97.2 cm³/mol. The molecule has 2 aromatic rings. The molecule has 1 N–H and O–H groups in total. The second kappa shape index (κ2) is 9.08. The smallest absolute Gasteiger partial charge is 0.261 e. The minimum Gasteiger partial charge on any atom is -0.493 e. The summed E-state index contributed by atoms with van der Waals surface area (Å²) in [6, 6.07) is 10.8. The van der Waals surface area contributed by atoms with Gasteiger partial charge in [0.1, 0.15) is 11.6 Å². The summed E-state index contributed by atoms with van der Waals surface area (Å²) < 4.78 is 29.2. The summed E-state index contributed by atoms with van der Waals surface area (Å²) in [7, 11) is 3.13. The number of amides is 1. The molecule has 5 nitrogen and oxygen atoms in total. The third kappa shape index (κ3) is 4.88. The van der Waals surface area contributed by atoms with Crippen molar-refractivity contribution in [2.75, 3.05) is 14.2 Å². The van der Waals surface area contributed by atoms with Crippen LogP contribution in [0.25, 0.3) is 0 Å². The molecule has 0 radical (unpaired) electrons. The monoisotopic (exact) mass is 361 g/mol. The van der Waals surface area contributed by atoms with E-state index in [1.807, 2.05) is 26.0 Å². The van der Waals surface area contributed by atoms with Gasteiger partial charge in [-0.1, -0.05) is 13.0 Å². The highest BCUT2D eigenvalue weighted by Gasteiger charge is 2.21. The quantitative estimate of drug-likeness (QED) is 0.775. The summed E-state index contributed by atoms with van der Waals surface area (Å²) in [5, 5.41) is 2.93. The van der Waals surface area contributed by atoms with Crippen molar-refractivity contribution >= 4 is 5.91 Å². The second-order valence-corrected chi connectivity index (χ2v) is 5.81. The van der Waals surface area contributed by atoms with Crippen LogP contribution in [0.5, 0.6) is 17.2 Å². The molecule has 0 bridgehead atoms. The molecule has 140 valence electrons. The molecule has 0 aromatic heterocycles. The molecule has 0 aliphatic carbocycles. The summed E-state index contributed by atoms with van der Waals surface area (Å²) in [5.74, 6) is 1.09. The molecule has 0 aliphatic heterocycles. The standard InChI is InChI=1S/C20H24FNO4/c1-5-17(26-16-9-7-15(21)8-10-16)20(23)22-13(2)14-6-11-18(24-3)19(12-14)25-4/h6-13,17H,5H2,1-4H3,(H,22,23)/t13-,17+/m0/s1. The highest BCUT2D eigenvalue weighted by Crippen LogP contribution is 2.30. The van der Waals surface area contributed by atoms with E-state index in [0.29, 0.717) is 23.7 Å². The first-order valence-corrected chi connectivity index (χ1v) is 8.43. The van der Waals surface area contributed by atoms with Gasteiger partial charge in [-0.2, -0.15) is 0 Å². The van der Waals surface area contributed by atoms with E-state index < -0.39 is 6.10 Å². The molecule has 0 unspecified atom stereocenters. The molecule has 0 heterocycles. The van der Waals surface area contributed by atoms with Crippen LogP contribution in [0.4, 0.5) is 4.39 Å². The number of methoxy groups -OCH3 is 2. The highest BCUT2D eigenvalue weighted by molar-refractivity contribution is 5.81. The number of carbonyl (C=O) groups is 1. The SMILES string of the molecule is CC[C@@H](Oc1ccc(F)cc1)C(=O)N[C@@H](C)c1ccc(OC)c(OC)c1. The molecular weight excluding hydrogens is 337 g/mol. The number of carbonyl (C=O) groups excluding carboxylic acids is 1. The lowest BCUT2D eigenvalue weighted by Gasteiger charge is -2.21. The lowest BCUT2D eigenvalue weighted by Crippen LogP contribution is -2.39. The van der Waals surface area contributed by atoms with Gasteiger partial charge in [-0.05, 0) is 55.3 Å². The Bertz CT molecular complexity index is 733. The number of hydrogen-bond donors (Lipinski definition) is 1. The molecule has 0 fully saturated rings. The van der Waals surface area contributed by atoms with Crippen molar-refractivity contribution in [3.05, 3.63) is 53.8 Å². The summed E-state index contributed by atoms with van der Waals surface area (Å²) in [5.41, 5.74) is 0.882. The number of ether oxygens (including phenoxy) is 3. The van der Waals surface area contributed by atoms with E-state index in [2.05, 4.69) is 5.32 Å². The Morgan fingerprint density at radius 3 is 2.31 bits per heavy atom. The van der Waals surface area contributed by atoms with Gasteiger partial charge in [-0.3, -0.25) is 4.79 Å². The molecule has 2 atom stereocenters. The molecule has 0 saturated carbocycles. The fraction of sp³-hybridized carbons (Fsp3) is 0.350. The predicted octanol–water partition coefficient (Wildman–Crippen LogP) is 3.88. The van der Waals surface area contributed by atoms with Gasteiger partial charge < -0.3 is 19.5 Å². The van der Waals surface area contributed by atoms with Gasteiger partial charge in [0, 0.05) is 0 Å². The normalized spacial score (nSPS) is 12.8. The Labute approximate surface area is 153 Å². The number of rotatable bonds is 8. The molecule has 0 saturated heterocycles. The van der Waals surface area contributed by atoms with Gasteiger partial charge in [0.2, 0.25) is 0 Å². The fourth-order valence-electron chi connectivity index (χ4n) is 2.51. The zero-order chi connectivity index (χ0) is 19.1. The average molecular weight is 361 g/mol. The van der Waals surface area contributed by atoms with Crippen LogP contribution >= 0.6 is 0 Å². The van der Waals surface area contributed by atoms with Gasteiger partial charge in [-0.25, -0.2) is 4.39 Å². The van der Waals surface area contributed by atoms with Crippen LogP contribution in [-0.4, -0.2) is 26.2 Å². The van der Waals surface area contributed by atoms with Crippen molar-refractivity contribution in [1.29, 1.82) is 0 Å². The number of halogens is 1. The third-order valence-electron chi connectivity index (χ3n) is 4.02. The van der Waals surface area contributed by atoms with E-state index in [1.54, 1.807) is 20.3 Å². The van der Waals surface area contributed by atoms with Crippen LogP contribution in [0, 0.1) is 5.82 Å². The molecule has 1 amide bonds. The maximum Gasteiger partial charge on any atom is 0.261 e. The summed E-state index contributed by atoms with van der Waals surface area (Å²) in [6.45, 7) is 3.73. The molecule has 0 aliphatic rings. The Morgan fingerprint density at radius 2 is 1.73 bits per heavy atom. The molecule has 6 heteroatoms. The van der Waals surface area contributed by atoms with E-state index in [0.717, 1.165) is 5.56 Å². The first kappa shape index (κ1) is 19.6. The Kier molecular flexibility index (Phi) is 6.83. The molecule has 26 heavy (non-hydrogen) atoms. The highest BCUT2D eigenvalue weighted by atomic mass is 19.1. The number of nitrogens with one attached hydrogen (secondary N) is 1. The summed E-state index contributed by atoms with van der Waals surface area (Å²) in [6.07, 6.45) is -0.176. The molecule has 2 aromatic carbocycles. The lowest BCUT2D eigenvalue weighted by atomic mass is 10.1. The van der Waals surface area contributed by atoms with E-state index >= 15 is 0 Å². The van der Waals surface area contributed by atoms with E-state index in [1.165, 1.54) is 24.3 Å². The van der Waals surface area contributed by atoms with E-state index in [9.17, 15) is 9.18 Å². The molecular formula is C20H24FNO4. The van der Waals surface area contributed by atoms with Crippen molar-refractivity contribution in [3.63, 3.8) is 0 Å². The summed E-state index contributed by atoms with van der Waals surface area (Å²) in [4.78, 5) is 12.5. The van der Waals surface area contributed by atoms with Crippen LogP contribution < -0.4 is 19.5 Å². The Hall–Kier alpha value is -2.76. The van der Waals surface area contributed by atoms with Crippen LogP contribution in [0.1, 0.15) is 31.9 Å². The number of benzene rings is 2. The van der Waals surface area contributed by atoms with Crippen molar-refractivity contribution in [3.8, 4) is 17.2 Å². The summed E-state index contributed by atoms with van der Waals surface area (Å²) >= 11 is 0. The fourth-order valence-corrected chi connectivity index (χ4v) is 2.51. The average Bonchev–Trinajstić information content (AvgIpc) is 2.66. The van der Waals surface area contributed by atoms with Crippen LogP contribution in [0.15, 0.2) is 42.5 Å². The van der Waals surface area contributed by atoms with Gasteiger partial charge in [0.25, 0.3) is 5.91 Å². The topological polar surface area (TPSA) is 56.8 Å². The van der Waals surface area contributed by atoms with Gasteiger partial charge in [-0.15, -0.1) is 0 Å². The van der Waals surface area contributed by atoms with E-state index in [4.69, 9.17) is 14.2 Å².